The Labute approximate surface area is 73.8 Å². The Morgan fingerprint density at radius 1 is 1.55 bits per heavy atom. The number of rotatable bonds is 2. The summed E-state index contributed by atoms with van der Waals surface area (Å²) < 4.78 is 0. The van der Waals surface area contributed by atoms with Crippen LogP contribution in [0.5, 0.6) is 0 Å². The normalized spacial score (nSPS) is 7.36. The molecule has 0 aliphatic carbocycles. The van der Waals surface area contributed by atoms with Crippen molar-refractivity contribution in [1.82, 2.24) is 0 Å². The van der Waals surface area contributed by atoms with Crippen LogP contribution in [0.4, 0.5) is 0 Å². The zero-order valence-electron chi connectivity index (χ0n) is 5.68. The van der Waals surface area contributed by atoms with Crippen LogP contribution in [-0.2, 0) is 0 Å². The average molecular weight is 197 g/mol. The molecule has 0 unspecified atom stereocenters. The van der Waals surface area contributed by atoms with Crippen molar-refractivity contribution in [3.63, 3.8) is 0 Å². The van der Waals surface area contributed by atoms with Gasteiger partial charge in [0.15, 0.2) is 5.05 Å². The molecule has 0 fully saturated rings. The summed E-state index contributed by atoms with van der Waals surface area (Å²) in [5.41, 5.74) is 0. The van der Waals surface area contributed by atoms with Gasteiger partial charge in [0.2, 0.25) is 5.05 Å². The molecule has 7 heteroatoms. The molecule has 5 nitrogen and oxygen atoms in total. The molecule has 0 saturated heterocycles. The second-order valence-electron chi connectivity index (χ2n) is 1.40. The summed E-state index contributed by atoms with van der Waals surface area (Å²) in [6, 6.07) is 0. The van der Waals surface area contributed by atoms with E-state index in [9.17, 15) is 10.1 Å². The summed E-state index contributed by atoms with van der Waals surface area (Å²) in [7, 11) is 0. The quantitative estimate of drug-likeness (QED) is 0.391. The summed E-state index contributed by atoms with van der Waals surface area (Å²) in [5.74, 6) is 0. The fraction of sp³-hybridized carbons (Fsp3) is 0.500. The second kappa shape index (κ2) is 7.29. The van der Waals surface area contributed by atoms with Gasteiger partial charge in [0.1, 0.15) is 0 Å². The largest absolute Gasteiger partial charge is 0.502 e. The number of nitro groups is 1. The Morgan fingerprint density at radius 2 is 1.82 bits per heavy atom. The number of hydrogen-bond donors (Lipinski definition) is 2. The van der Waals surface area contributed by atoms with E-state index in [0.29, 0.717) is 0 Å². The van der Waals surface area contributed by atoms with E-state index in [0.717, 1.165) is 0 Å². The Bertz CT molecular complexity index is 153. The Kier molecular flexibility index (Phi) is 8.50. The number of nitrogens with zero attached hydrogens (tertiary/aromatic N) is 1. The summed E-state index contributed by atoms with van der Waals surface area (Å²) in [6.07, 6.45) is 0. The molecular weight excluding hydrogens is 190 g/mol. The molecule has 0 aliphatic heterocycles. The maximum absolute atomic E-state index is 9.37. The second-order valence-corrected chi connectivity index (χ2v) is 2.47. The van der Waals surface area contributed by atoms with Gasteiger partial charge in [0, 0.05) is 11.8 Å². The van der Waals surface area contributed by atoms with E-state index in [2.05, 4.69) is 24.4 Å². The lowest BCUT2D eigenvalue weighted by atomic mass is 10.7. The molecule has 0 atom stereocenters. The predicted octanol–water partition coefficient (Wildman–Crippen LogP) is 1.04. The topological polar surface area (TPSA) is 83.6 Å². The van der Waals surface area contributed by atoms with Gasteiger partial charge in [-0.15, -0.1) is 0 Å². The van der Waals surface area contributed by atoms with Gasteiger partial charge < -0.3 is 10.2 Å². The molecule has 0 amide bonds. The molecule has 64 valence electrons. The fourth-order valence-corrected chi connectivity index (χ4v) is 0.216. The molecule has 11 heavy (non-hydrogen) atoms. The third-order valence-electron chi connectivity index (χ3n) is 0.264. The van der Waals surface area contributed by atoms with Crippen LogP contribution in [0.3, 0.4) is 0 Å². The molecular formula is C4H7NO4S2. The van der Waals surface area contributed by atoms with E-state index in [4.69, 9.17) is 10.2 Å². The van der Waals surface area contributed by atoms with E-state index in [1.165, 1.54) is 6.92 Å². The maximum atomic E-state index is 9.37. The van der Waals surface area contributed by atoms with Gasteiger partial charge in [-0.05, 0) is 24.4 Å². The van der Waals surface area contributed by atoms with E-state index in [-0.39, 0.29) is 5.05 Å². The molecule has 0 aliphatic rings. The van der Waals surface area contributed by atoms with Gasteiger partial charge in [-0.3, -0.25) is 10.1 Å². The lowest BCUT2D eigenvalue weighted by molar-refractivity contribution is -0.464. The molecule has 0 saturated carbocycles. The molecule has 0 aromatic heterocycles. The first-order valence-corrected chi connectivity index (χ1v) is 3.21. The predicted molar refractivity (Wildman–Crippen MR) is 48.0 cm³/mol. The highest BCUT2D eigenvalue weighted by atomic mass is 32.1. The first kappa shape index (κ1) is 12.8. The zero-order valence-corrected chi connectivity index (χ0v) is 7.31. The minimum atomic E-state index is -0.692. The van der Waals surface area contributed by atoms with Crippen molar-refractivity contribution in [2.45, 2.75) is 6.92 Å². The highest BCUT2D eigenvalue weighted by molar-refractivity contribution is 7.80. The van der Waals surface area contributed by atoms with Crippen LogP contribution >= 0.6 is 24.4 Å². The Balaban J connectivity index is 0. The van der Waals surface area contributed by atoms with Gasteiger partial charge in [-0.25, -0.2) is 0 Å². The number of aliphatic hydroxyl groups excluding tert-OH is 2. The van der Waals surface area contributed by atoms with E-state index in [1.807, 2.05) is 0 Å². The molecule has 0 bridgehead atoms. The summed E-state index contributed by atoms with van der Waals surface area (Å²) in [4.78, 5) is 8.68. The minimum absolute atomic E-state index is 0.000000000000000222. The zero-order chi connectivity index (χ0) is 9.44. The highest BCUT2D eigenvalue weighted by Crippen LogP contribution is 1.70. The maximum Gasteiger partial charge on any atom is 0.270 e. The van der Waals surface area contributed by atoms with Crippen LogP contribution < -0.4 is 0 Å². The monoisotopic (exact) mass is 197 g/mol. The smallest absolute Gasteiger partial charge is 0.270 e. The molecule has 0 aromatic carbocycles. The van der Waals surface area contributed by atoms with Crippen molar-refractivity contribution < 1.29 is 15.1 Å². The number of thiocarbonyl (C=S) groups is 2. The third-order valence-corrected chi connectivity index (χ3v) is 0.393. The summed E-state index contributed by atoms with van der Waals surface area (Å²) in [6.45, 7) is 0.824. The van der Waals surface area contributed by atoms with Gasteiger partial charge >= 0.3 is 0 Å². The molecule has 2 N–H and O–H groups in total. The minimum Gasteiger partial charge on any atom is -0.502 e. The van der Waals surface area contributed by atoms with E-state index in [1.54, 1.807) is 0 Å². The van der Waals surface area contributed by atoms with Crippen molar-refractivity contribution in [3.8, 4) is 0 Å². The standard InChI is InChI=1S/C2H3NO3S.C2H4OS/c4-2(7)1-3(5)6;1-2(3)4/h1H2,(H,4,7);1H3,(H,3,4). The lowest BCUT2D eigenvalue weighted by Gasteiger charge is -1.82. The van der Waals surface area contributed by atoms with Gasteiger partial charge in [0.25, 0.3) is 6.54 Å². The third kappa shape index (κ3) is 46.8. The van der Waals surface area contributed by atoms with Gasteiger partial charge in [-0.1, -0.05) is 0 Å². The van der Waals surface area contributed by atoms with Crippen molar-refractivity contribution in [3.05, 3.63) is 10.1 Å². The first-order valence-electron chi connectivity index (χ1n) is 2.39. The van der Waals surface area contributed by atoms with E-state index < -0.39 is 16.5 Å². The lowest BCUT2D eigenvalue weighted by Crippen LogP contribution is -2.09. The van der Waals surface area contributed by atoms with Gasteiger partial charge in [0.05, 0.1) is 0 Å². The molecule has 0 radical (unpaired) electrons. The highest BCUT2D eigenvalue weighted by Gasteiger charge is 1.98. The molecule has 0 heterocycles. The summed E-state index contributed by atoms with van der Waals surface area (Å²) >= 11 is 8.08. The summed E-state index contributed by atoms with van der Waals surface area (Å²) in [5, 5.41) is 24.6. The molecule has 0 aromatic rings. The Morgan fingerprint density at radius 3 is 1.82 bits per heavy atom. The van der Waals surface area contributed by atoms with Crippen LogP contribution in [0.25, 0.3) is 0 Å². The van der Waals surface area contributed by atoms with Crippen LogP contribution in [-0.4, -0.2) is 31.8 Å². The first-order chi connectivity index (χ1) is 4.86. The van der Waals surface area contributed by atoms with Crippen molar-refractivity contribution in [1.29, 1.82) is 0 Å². The Hall–Kier alpha value is -0.820. The average Bonchev–Trinajstić information content (AvgIpc) is 1.56. The molecule has 0 spiro atoms. The van der Waals surface area contributed by atoms with Crippen LogP contribution in [0.1, 0.15) is 6.92 Å². The van der Waals surface area contributed by atoms with Crippen LogP contribution in [0.15, 0.2) is 0 Å². The van der Waals surface area contributed by atoms with Crippen molar-refractivity contribution in [2.24, 2.45) is 0 Å². The fourth-order valence-electron chi connectivity index (χ4n) is 0.110. The van der Waals surface area contributed by atoms with Crippen LogP contribution in [0.2, 0.25) is 0 Å². The SMILES string of the molecule is CC(O)=S.O=[N+]([O-])CC(O)=S. The molecule has 0 rings (SSSR count). The number of hydrogen-bond acceptors (Lipinski definition) is 4. The van der Waals surface area contributed by atoms with E-state index >= 15 is 0 Å². The number of aliphatic hydroxyl groups is 2. The van der Waals surface area contributed by atoms with Gasteiger partial charge in [-0.2, -0.15) is 0 Å². The van der Waals surface area contributed by atoms with Crippen molar-refractivity contribution >= 4 is 34.5 Å². The van der Waals surface area contributed by atoms with Crippen molar-refractivity contribution in [2.75, 3.05) is 6.54 Å². The van der Waals surface area contributed by atoms with Crippen LogP contribution in [0, 0.1) is 10.1 Å².